The molecule has 0 bridgehead atoms. The molecule has 2 rings (SSSR count). The van der Waals surface area contributed by atoms with Crippen LogP contribution >= 0.6 is 0 Å². The van der Waals surface area contributed by atoms with Gasteiger partial charge in [0.15, 0.2) is 5.82 Å². The average Bonchev–Trinajstić information content (AvgIpc) is 2.83. The molecular formula is C16H24N4O. The normalized spacial score (nSPS) is 11.3. The highest BCUT2D eigenvalue weighted by molar-refractivity contribution is 5.28. The van der Waals surface area contributed by atoms with Crippen molar-refractivity contribution < 1.29 is 4.74 Å². The number of ether oxygens (including phenoxy) is 1. The molecular weight excluding hydrogens is 264 g/mol. The lowest BCUT2D eigenvalue weighted by atomic mass is 10.1. The fourth-order valence-electron chi connectivity index (χ4n) is 2.39. The summed E-state index contributed by atoms with van der Waals surface area (Å²) in [4.78, 5) is 6.76. The molecule has 5 heteroatoms. The Kier molecular flexibility index (Phi) is 5.33. The first-order valence-electron chi connectivity index (χ1n) is 7.30. The Morgan fingerprint density at radius 1 is 1.29 bits per heavy atom. The van der Waals surface area contributed by atoms with Crippen LogP contribution in [-0.2, 0) is 13.1 Å². The van der Waals surface area contributed by atoms with E-state index < -0.39 is 0 Å². The first-order chi connectivity index (χ1) is 10.1. The van der Waals surface area contributed by atoms with Crippen molar-refractivity contribution in [3.8, 4) is 5.75 Å². The Balaban J connectivity index is 2.08. The summed E-state index contributed by atoms with van der Waals surface area (Å²) in [6.45, 7) is 8.99. The summed E-state index contributed by atoms with van der Waals surface area (Å²) in [7, 11) is 1.70. The summed E-state index contributed by atoms with van der Waals surface area (Å²) < 4.78 is 5.29. The average molecular weight is 288 g/mol. The monoisotopic (exact) mass is 288 g/mol. The number of rotatable bonds is 7. The van der Waals surface area contributed by atoms with Crippen molar-refractivity contribution in [2.24, 2.45) is 5.92 Å². The molecule has 114 valence electrons. The van der Waals surface area contributed by atoms with Gasteiger partial charge in [-0.05, 0) is 30.5 Å². The van der Waals surface area contributed by atoms with E-state index in [1.54, 1.807) is 7.11 Å². The number of aryl methyl sites for hydroxylation is 1. The van der Waals surface area contributed by atoms with Crippen molar-refractivity contribution in [2.45, 2.75) is 33.9 Å². The summed E-state index contributed by atoms with van der Waals surface area (Å²) in [5.74, 6) is 3.19. The van der Waals surface area contributed by atoms with Crippen LogP contribution in [0.4, 0.5) is 0 Å². The van der Waals surface area contributed by atoms with Crippen molar-refractivity contribution in [2.75, 3.05) is 13.7 Å². The SMILES string of the molecule is COc1cccc(CN(Cc2n[nH]c(C)n2)CC(C)C)c1. The molecule has 1 aromatic carbocycles. The van der Waals surface area contributed by atoms with Crippen LogP contribution in [0, 0.1) is 12.8 Å². The van der Waals surface area contributed by atoms with Gasteiger partial charge in [0, 0.05) is 13.1 Å². The Morgan fingerprint density at radius 2 is 2.10 bits per heavy atom. The molecule has 5 nitrogen and oxygen atoms in total. The van der Waals surface area contributed by atoms with Crippen molar-refractivity contribution >= 4 is 0 Å². The Morgan fingerprint density at radius 3 is 2.71 bits per heavy atom. The van der Waals surface area contributed by atoms with Gasteiger partial charge < -0.3 is 4.74 Å². The molecule has 0 aliphatic carbocycles. The van der Waals surface area contributed by atoms with E-state index in [1.165, 1.54) is 5.56 Å². The lowest BCUT2D eigenvalue weighted by molar-refractivity contribution is 0.222. The molecule has 0 amide bonds. The maximum Gasteiger partial charge on any atom is 0.164 e. The second-order valence-electron chi connectivity index (χ2n) is 5.75. The van der Waals surface area contributed by atoms with E-state index in [0.717, 1.165) is 37.0 Å². The van der Waals surface area contributed by atoms with Crippen LogP contribution in [-0.4, -0.2) is 33.7 Å². The van der Waals surface area contributed by atoms with Crippen molar-refractivity contribution in [1.82, 2.24) is 20.1 Å². The molecule has 0 saturated carbocycles. The van der Waals surface area contributed by atoms with E-state index >= 15 is 0 Å². The number of methoxy groups -OCH3 is 1. The summed E-state index contributed by atoms with van der Waals surface area (Å²) >= 11 is 0. The number of aromatic amines is 1. The Bertz CT molecular complexity index is 565. The quantitative estimate of drug-likeness (QED) is 0.851. The molecule has 1 N–H and O–H groups in total. The standard InChI is InChI=1S/C16H24N4O/c1-12(2)9-20(11-16-17-13(3)18-19-16)10-14-6-5-7-15(8-14)21-4/h5-8,12H,9-11H2,1-4H3,(H,17,18,19). The number of hydrogen-bond donors (Lipinski definition) is 1. The van der Waals surface area contributed by atoms with E-state index in [0.29, 0.717) is 5.92 Å². The number of nitrogens with zero attached hydrogens (tertiary/aromatic N) is 3. The van der Waals surface area contributed by atoms with Gasteiger partial charge in [0.2, 0.25) is 0 Å². The van der Waals surface area contributed by atoms with Crippen LogP contribution in [0.15, 0.2) is 24.3 Å². The minimum Gasteiger partial charge on any atom is -0.497 e. The smallest absolute Gasteiger partial charge is 0.164 e. The second-order valence-corrected chi connectivity index (χ2v) is 5.75. The molecule has 0 atom stereocenters. The lowest BCUT2D eigenvalue weighted by Gasteiger charge is -2.23. The fourth-order valence-corrected chi connectivity index (χ4v) is 2.39. The van der Waals surface area contributed by atoms with E-state index in [9.17, 15) is 0 Å². The van der Waals surface area contributed by atoms with Crippen LogP contribution in [0.3, 0.4) is 0 Å². The van der Waals surface area contributed by atoms with Gasteiger partial charge in [0.05, 0.1) is 13.7 Å². The molecule has 0 radical (unpaired) electrons. The third-order valence-corrected chi connectivity index (χ3v) is 3.17. The summed E-state index contributed by atoms with van der Waals surface area (Å²) in [5.41, 5.74) is 1.24. The molecule has 0 saturated heterocycles. The molecule has 0 aliphatic rings. The Hall–Kier alpha value is -1.88. The fraction of sp³-hybridized carbons (Fsp3) is 0.500. The first kappa shape index (κ1) is 15.5. The number of hydrogen-bond acceptors (Lipinski definition) is 4. The maximum atomic E-state index is 5.29. The summed E-state index contributed by atoms with van der Waals surface area (Å²) in [6.07, 6.45) is 0. The van der Waals surface area contributed by atoms with Gasteiger partial charge >= 0.3 is 0 Å². The summed E-state index contributed by atoms with van der Waals surface area (Å²) in [5, 5.41) is 7.14. The van der Waals surface area contributed by atoms with E-state index in [-0.39, 0.29) is 0 Å². The predicted molar refractivity (Wildman–Crippen MR) is 83.1 cm³/mol. The van der Waals surface area contributed by atoms with Gasteiger partial charge in [0.25, 0.3) is 0 Å². The van der Waals surface area contributed by atoms with Gasteiger partial charge in [0.1, 0.15) is 11.6 Å². The highest BCUT2D eigenvalue weighted by Gasteiger charge is 2.12. The number of aromatic nitrogens is 3. The largest absolute Gasteiger partial charge is 0.497 e. The van der Waals surface area contributed by atoms with Crippen molar-refractivity contribution in [3.05, 3.63) is 41.5 Å². The van der Waals surface area contributed by atoms with Crippen molar-refractivity contribution in [3.63, 3.8) is 0 Å². The first-order valence-corrected chi connectivity index (χ1v) is 7.30. The minimum atomic E-state index is 0.593. The van der Waals surface area contributed by atoms with Crippen molar-refractivity contribution in [1.29, 1.82) is 0 Å². The van der Waals surface area contributed by atoms with E-state index in [2.05, 4.69) is 46.1 Å². The van der Waals surface area contributed by atoms with Gasteiger partial charge in [-0.3, -0.25) is 10.00 Å². The molecule has 1 aromatic heterocycles. The van der Waals surface area contributed by atoms with Gasteiger partial charge in [-0.25, -0.2) is 4.98 Å². The van der Waals surface area contributed by atoms with E-state index in [4.69, 9.17) is 4.74 Å². The zero-order chi connectivity index (χ0) is 15.2. The molecule has 21 heavy (non-hydrogen) atoms. The highest BCUT2D eigenvalue weighted by atomic mass is 16.5. The molecule has 1 heterocycles. The zero-order valence-corrected chi connectivity index (χ0v) is 13.3. The molecule has 2 aromatic rings. The number of benzene rings is 1. The van der Waals surface area contributed by atoms with Crippen LogP contribution < -0.4 is 4.74 Å². The van der Waals surface area contributed by atoms with Crippen LogP contribution in [0.1, 0.15) is 31.1 Å². The molecule has 0 fully saturated rings. The number of H-pyrrole nitrogens is 1. The third kappa shape index (κ3) is 4.86. The number of nitrogens with one attached hydrogen (secondary N) is 1. The molecule has 0 aliphatic heterocycles. The van der Waals surface area contributed by atoms with Gasteiger partial charge in [-0.1, -0.05) is 26.0 Å². The Labute approximate surface area is 126 Å². The van der Waals surface area contributed by atoms with Gasteiger partial charge in [-0.15, -0.1) is 0 Å². The van der Waals surface area contributed by atoms with E-state index in [1.807, 2.05) is 19.1 Å². The zero-order valence-electron chi connectivity index (χ0n) is 13.3. The topological polar surface area (TPSA) is 54.0 Å². The highest BCUT2D eigenvalue weighted by Crippen LogP contribution is 2.16. The lowest BCUT2D eigenvalue weighted by Crippen LogP contribution is -2.27. The molecule has 0 spiro atoms. The van der Waals surface area contributed by atoms with Crippen LogP contribution in [0.25, 0.3) is 0 Å². The van der Waals surface area contributed by atoms with Gasteiger partial charge in [-0.2, -0.15) is 5.10 Å². The van der Waals surface area contributed by atoms with Crippen LogP contribution in [0.5, 0.6) is 5.75 Å². The second kappa shape index (κ2) is 7.22. The predicted octanol–water partition coefficient (Wildman–Crippen LogP) is 2.78. The summed E-state index contributed by atoms with van der Waals surface area (Å²) in [6, 6.07) is 8.20. The maximum absolute atomic E-state index is 5.29. The molecule has 0 unspecified atom stereocenters. The minimum absolute atomic E-state index is 0.593. The third-order valence-electron chi connectivity index (χ3n) is 3.17. The van der Waals surface area contributed by atoms with Crippen LogP contribution in [0.2, 0.25) is 0 Å².